The highest BCUT2D eigenvalue weighted by atomic mass is 32.2. The number of nitrogens with one attached hydrogen (secondary N) is 2. The van der Waals surface area contributed by atoms with Crippen LogP contribution in [0.1, 0.15) is 25.0 Å². The highest BCUT2D eigenvalue weighted by Crippen LogP contribution is 2.31. The van der Waals surface area contributed by atoms with E-state index in [4.69, 9.17) is 4.74 Å². The topological polar surface area (TPSA) is 128 Å². The second kappa shape index (κ2) is 12.3. The molecule has 40 heavy (non-hydrogen) atoms. The van der Waals surface area contributed by atoms with E-state index in [1.165, 1.54) is 29.0 Å². The van der Waals surface area contributed by atoms with Crippen molar-refractivity contribution in [1.29, 1.82) is 0 Å². The number of rotatable bonds is 7. The molecule has 2 aromatic rings. The molecular formula is C26H33F3N4O6S. The minimum Gasteiger partial charge on any atom is -0.488 e. The Bertz CT molecular complexity index is 1320. The third-order valence-corrected chi connectivity index (χ3v) is 7.09. The summed E-state index contributed by atoms with van der Waals surface area (Å²) in [6.07, 6.45) is -4.24. The zero-order valence-electron chi connectivity index (χ0n) is 22.5. The number of hydrogen-bond acceptors (Lipinski definition) is 6. The summed E-state index contributed by atoms with van der Waals surface area (Å²) in [5.74, 6) is -0.276. The third kappa shape index (κ3) is 8.24. The first-order chi connectivity index (χ1) is 18.6. The van der Waals surface area contributed by atoms with Crippen LogP contribution in [0.3, 0.4) is 0 Å². The van der Waals surface area contributed by atoms with E-state index in [2.05, 4.69) is 10.0 Å². The average molecular weight is 587 g/mol. The number of amides is 3. The number of hydrogen-bond donors (Lipinski definition) is 3. The Balaban J connectivity index is 1.85. The zero-order valence-corrected chi connectivity index (χ0v) is 23.3. The number of aliphatic hydroxyl groups excluding tert-OH is 1. The van der Waals surface area contributed by atoms with Crippen LogP contribution in [-0.2, 0) is 27.4 Å². The number of sulfonamides is 1. The molecule has 10 nitrogen and oxygen atoms in total. The van der Waals surface area contributed by atoms with Crippen LogP contribution in [0.15, 0.2) is 42.5 Å². The summed E-state index contributed by atoms with van der Waals surface area (Å²) < 4.78 is 70.6. The number of benzene rings is 2. The predicted molar refractivity (Wildman–Crippen MR) is 144 cm³/mol. The second-order valence-electron chi connectivity index (χ2n) is 9.97. The highest BCUT2D eigenvalue weighted by molar-refractivity contribution is 7.92. The molecule has 0 bridgehead atoms. The Morgan fingerprint density at radius 2 is 1.82 bits per heavy atom. The Kier molecular flexibility index (Phi) is 9.56. The molecule has 220 valence electrons. The quantitative estimate of drug-likeness (QED) is 0.457. The van der Waals surface area contributed by atoms with Crippen LogP contribution in [0.25, 0.3) is 0 Å². The van der Waals surface area contributed by atoms with Gasteiger partial charge in [-0.3, -0.25) is 9.52 Å². The van der Waals surface area contributed by atoms with Gasteiger partial charge in [-0.25, -0.2) is 13.2 Å². The molecule has 0 aromatic heterocycles. The normalized spacial score (nSPS) is 18.9. The number of fused-ring (bicyclic) bond motifs is 1. The van der Waals surface area contributed by atoms with Crippen molar-refractivity contribution in [1.82, 2.24) is 9.80 Å². The number of alkyl halides is 3. The standard InChI is InChI=1S/C26H33F3N4O6S/c1-16-13-33(17(2)15-34)24(35)12-18-11-21(31-40(4,37)38)9-10-22(18)39-23(16)14-32(3)25(36)30-20-7-5-19(6-8-20)26(27,28)29/h5-11,16-17,23,31,34H,12-15H2,1-4H3,(H,30,36)/t16-,17-,23+/m1/s1. The molecule has 0 saturated heterocycles. The van der Waals surface area contributed by atoms with E-state index >= 15 is 0 Å². The van der Waals surface area contributed by atoms with Crippen molar-refractivity contribution >= 4 is 33.3 Å². The molecule has 14 heteroatoms. The molecule has 1 heterocycles. The van der Waals surface area contributed by atoms with Gasteiger partial charge in [0.2, 0.25) is 15.9 Å². The number of ether oxygens (including phenoxy) is 1. The summed E-state index contributed by atoms with van der Waals surface area (Å²) in [5.41, 5.74) is 0.00977. The molecule has 1 aliphatic heterocycles. The smallest absolute Gasteiger partial charge is 0.416 e. The van der Waals surface area contributed by atoms with E-state index in [1.54, 1.807) is 13.0 Å². The molecule has 1 aliphatic rings. The summed E-state index contributed by atoms with van der Waals surface area (Å²) in [6, 6.07) is 7.52. The van der Waals surface area contributed by atoms with Crippen LogP contribution >= 0.6 is 0 Å². The van der Waals surface area contributed by atoms with Crippen molar-refractivity contribution in [3.05, 3.63) is 53.6 Å². The first kappa shape index (κ1) is 31.0. The van der Waals surface area contributed by atoms with Gasteiger partial charge in [0.25, 0.3) is 0 Å². The number of urea groups is 1. The first-order valence-corrected chi connectivity index (χ1v) is 14.3. The molecule has 2 aromatic carbocycles. The number of halogens is 3. The van der Waals surface area contributed by atoms with E-state index in [-0.39, 0.29) is 49.3 Å². The van der Waals surface area contributed by atoms with E-state index in [0.29, 0.717) is 11.3 Å². The minimum absolute atomic E-state index is 0.0476. The molecule has 0 radical (unpaired) electrons. The van der Waals surface area contributed by atoms with Gasteiger partial charge in [-0.15, -0.1) is 0 Å². The molecule has 3 amide bonds. The minimum atomic E-state index is -4.50. The Labute approximate surface area is 231 Å². The van der Waals surface area contributed by atoms with Gasteiger partial charge in [0.05, 0.1) is 37.4 Å². The summed E-state index contributed by atoms with van der Waals surface area (Å²) in [4.78, 5) is 28.9. The molecule has 3 atom stereocenters. The number of carbonyl (C=O) groups excluding carboxylic acids is 2. The highest BCUT2D eigenvalue weighted by Gasteiger charge is 2.32. The van der Waals surface area contributed by atoms with Crippen LogP contribution in [0.5, 0.6) is 5.75 Å². The predicted octanol–water partition coefficient (Wildman–Crippen LogP) is 3.39. The molecule has 0 spiro atoms. The lowest BCUT2D eigenvalue weighted by atomic mass is 10.0. The second-order valence-corrected chi connectivity index (χ2v) is 11.7. The molecule has 3 N–H and O–H groups in total. The Hall–Kier alpha value is -3.52. The van der Waals surface area contributed by atoms with E-state index in [0.717, 1.165) is 30.5 Å². The van der Waals surface area contributed by atoms with E-state index in [9.17, 15) is 36.3 Å². The number of anilines is 2. The molecule has 0 unspecified atom stereocenters. The van der Waals surface area contributed by atoms with Gasteiger partial charge in [0, 0.05) is 36.4 Å². The number of aliphatic hydroxyl groups is 1. The fraction of sp³-hybridized carbons (Fsp3) is 0.462. The fourth-order valence-electron chi connectivity index (χ4n) is 4.24. The van der Waals surface area contributed by atoms with Gasteiger partial charge < -0.3 is 25.0 Å². The van der Waals surface area contributed by atoms with Crippen LogP contribution in [-0.4, -0.2) is 80.4 Å². The van der Waals surface area contributed by atoms with Gasteiger partial charge in [-0.05, 0) is 49.4 Å². The maximum absolute atomic E-state index is 13.2. The van der Waals surface area contributed by atoms with Crippen molar-refractivity contribution < 1.29 is 41.0 Å². The molecule has 0 saturated carbocycles. The summed E-state index contributed by atoms with van der Waals surface area (Å²) in [6.45, 7) is 3.52. The van der Waals surface area contributed by atoms with Gasteiger partial charge >= 0.3 is 12.2 Å². The molecule has 0 aliphatic carbocycles. The zero-order chi connectivity index (χ0) is 29.8. The lowest BCUT2D eigenvalue weighted by molar-refractivity contribution is -0.137. The average Bonchev–Trinajstić information content (AvgIpc) is 2.90. The monoisotopic (exact) mass is 586 g/mol. The Morgan fingerprint density at radius 1 is 1.20 bits per heavy atom. The lowest BCUT2D eigenvalue weighted by Gasteiger charge is -2.34. The summed E-state index contributed by atoms with van der Waals surface area (Å²) >= 11 is 0. The van der Waals surface area contributed by atoms with Crippen LogP contribution in [0.2, 0.25) is 0 Å². The van der Waals surface area contributed by atoms with Crippen molar-refractivity contribution in [2.75, 3.05) is 43.0 Å². The van der Waals surface area contributed by atoms with Gasteiger partial charge in [-0.1, -0.05) is 6.92 Å². The first-order valence-electron chi connectivity index (χ1n) is 12.4. The fourth-order valence-corrected chi connectivity index (χ4v) is 4.79. The van der Waals surface area contributed by atoms with Crippen molar-refractivity contribution in [2.45, 2.75) is 38.6 Å². The third-order valence-electron chi connectivity index (χ3n) is 6.48. The van der Waals surface area contributed by atoms with Crippen LogP contribution < -0.4 is 14.8 Å². The molecular weight excluding hydrogens is 553 g/mol. The Morgan fingerprint density at radius 3 is 2.40 bits per heavy atom. The van der Waals surface area contributed by atoms with E-state index < -0.39 is 39.9 Å². The molecule has 0 fully saturated rings. The maximum Gasteiger partial charge on any atom is 0.416 e. The number of likely N-dealkylation sites (N-methyl/N-ethyl adjacent to an activating group) is 1. The van der Waals surface area contributed by atoms with Crippen LogP contribution in [0, 0.1) is 5.92 Å². The number of carbonyl (C=O) groups is 2. The van der Waals surface area contributed by atoms with Crippen molar-refractivity contribution in [3.63, 3.8) is 0 Å². The maximum atomic E-state index is 13.2. The number of nitrogens with zero attached hydrogens (tertiary/aromatic N) is 2. The van der Waals surface area contributed by atoms with Crippen LogP contribution in [0.4, 0.5) is 29.3 Å². The van der Waals surface area contributed by atoms with Gasteiger partial charge in [0.15, 0.2) is 0 Å². The van der Waals surface area contributed by atoms with E-state index in [1.807, 2.05) is 6.92 Å². The van der Waals surface area contributed by atoms with Crippen molar-refractivity contribution in [2.24, 2.45) is 5.92 Å². The SMILES string of the molecule is C[C@@H]1CN([C@H](C)CO)C(=O)Cc2cc(NS(C)(=O)=O)ccc2O[C@H]1CN(C)C(=O)Nc1ccc(C(F)(F)F)cc1. The summed E-state index contributed by atoms with van der Waals surface area (Å²) in [5, 5.41) is 12.3. The van der Waals surface area contributed by atoms with Crippen molar-refractivity contribution in [3.8, 4) is 5.75 Å². The largest absolute Gasteiger partial charge is 0.488 e. The molecule has 3 rings (SSSR count). The summed E-state index contributed by atoms with van der Waals surface area (Å²) in [7, 11) is -2.07. The van der Waals surface area contributed by atoms with Gasteiger partial charge in [0.1, 0.15) is 11.9 Å². The lowest BCUT2D eigenvalue weighted by Crippen LogP contribution is -2.48. The van der Waals surface area contributed by atoms with Gasteiger partial charge in [-0.2, -0.15) is 13.2 Å².